The zero-order valence-electron chi connectivity index (χ0n) is 18.6. The number of hydrogen-bond donors (Lipinski definition) is 1. The lowest BCUT2D eigenvalue weighted by atomic mass is 9.98. The molecule has 1 aliphatic heterocycles. The van der Waals surface area contributed by atoms with Crippen molar-refractivity contribution in [3.63, 3.8) is 0 Å². The molecule has 0 fully saturated rings. The van der Waals surface area contributed by atoms with Gasteiger partial charge < -0.3 is 19.5 Å². The fourth-order valence-corrected chi connectivity index (χ4v) is 4.18. The maximum atomic E-state index is 12.8. The van der Waals surface area contributed by atoms with Crippen molar-refractivity contribution < 1.29 is 14.3 Å². The number of aromatic nitrogens is 1. The molecule has 0 bridgehead atoms. The smallest absolute Gasteiger partial charge is 0.227 e. The largest absolute Gasteiger partial charge is 0.496 e. The second kappa shape index (κ2) is 9.73. The fourth-order valence-electron chi connectivity index (χ4n) is 4.18. The molecule has 1 aliphatic rings. The number of para-hydroxylation sites is 1. The molecule has 0 spiro atoms. The number of aryl methyl sites for hydroxylation is 2. The number of nitrogens with one attached hydrogen (secondary N) is 1. The van der Waals surface area contributed by atoms with Crippen LogP contribution in [0.4, 0.5) is 5.69 Å². The third kappa shape index (κ3) is 5.19. The number of amides is 2. The van der Waals surface area contributed by atoms with Crippen molar-refractivity contribution in [3.05, 3.63) is 83.2 Å². The van der Waals surface area contributed by atoms with Gasteiger partial charge in [0.25, 0.3) is 0 Å². The number of ether oxygens (including phenoxy) is 1. The van der Waals surface area contributed by atoms with Gasteiger partial charge in [-0.2, -0.15) is 0 Å². The van der Waals surface area contributed by atoms with Crippen LogP contribution in [0, 0.1) is 0 Å². The van der Waals surface area contributed by atoms with Crippen molar-refractivity contribution in [2.24, 2.45) is 7.05 Å². The van der Waals surface area contributed by atoms with Crippen LogP contribution in [-0.2, 0) is 42.4 Å². The molecule has 6 heteroatoms. The zero-order chi connectivity index (χ0) is 22.5. The molecular formula is C26H29N3O3. The first-order chi connectivity index (χ1) is 15.5. The Balaban J connectivity index is 1.35. The summed E-state index contributed by atoms with van der Waals surface area (Å²) in [6.07, 6.45) is 6.17. The second-order valence-electron chi connectivity index (χ2n) is 8.27. The van der Waals surface area contributed by atoms with Gasteiger partial charge in [-0.1, -0.05) is 24.3 Å². The standard InChI is InChI=1S/C26H29N3O3/c1-28-13-11-19(17-28)15-26(31)29-14-12-20-7-9-23(16-22(20)18-29)27-25(30)10-8-21-5-3-4-6-24(21)32-2/h3-7,9,11,13,16-17H,8,10,12,14-15,18H2,1-2H3,(H,27,30). The first-order valence-corrected chi connectivity index (χ1v) is 10.9. The van der Waals surface area contributed by atoms with Gasteiger partial charge in [0.15, 0.2) is 0 Å². The van der Waals surface area contributed by atoms with E-state index in [0.717, 1.165) is 41.1 Å². The van der Waals surface area contributed by atoms with Crippen molar-refractivity contribution in [3.8, 4) is 5.75 Å². The highest BCUT2D eigenvalue weighted by molar-refractivity contribution is 5.91. The molecule has 0 atom stereocenters. The molecular weight excluding hydrogens is 402 g/mol. The van der Waals surface area contributed by atoms with Gasteiger partial charge in [-0.3, -0.25) is 9.59 Å². The predicted molar refractivity (Wildman–Crippen MR) is 125 cm³/mol. The van der Waals surface area contributed by atoms with Crippen LogP contribution in [0.1, 0.15) is 28.7 Å². The number of carbonyl (C=O) groups is 2. The highest BCUT2D eigenvalue weighted by Crippen LogP contribution is 2.24. The quantitative estimate of drug-likeness (QED) is 0.620. The molecule has 0 radical (unpaired) electrons. The minimum absolute atomic E-state index is 0.0383. The van der Waals surface area contributed by atoms with Crippen molar-refractivity contribution in [2.75, 3.05) is 19.0 Å². The van der Waals surface area contributed by atoms with E-state index in [-0.39, 0.29) is 11.8 Å². The Morgan fingerprint density at radius 1 is 1.09 bits per heavy atom. The Labute approximate surface area is 188 Å². The Bertz CT molecular complexity index is 1120. The number of fused-ring (bicyclic) bond motifs is 1. The summed E-state index contributed by atoms with van der Waals surface area (Å²) in [6.45, 7) is 1.30. The molecule has 166 valence electrons. The first-order valence-electron chi connectivity index (χ1n) is 10.9. The Kier molecular flexibility index (Phi) is 6.59. The highest BCUT2D eigenvalue weighted by atomic mass is 16.5. The summed E-state index contributed by atoms with van der Waals surface area (Å²) in [7, 11) is 3.59. The third-order valence-corrected chi connectivity index (χ3v) is 5.92. The van der Waals surface area contributed by atoms with E-state index in [1.54, 1.807) is 7.11 Å². The van der Waals surface area contributed by atoms with E-state index in [1.807, 2.05) is 71.4 Å². The van der Waals surface area contributed by atoms with E-state index in [0.29, 0.717) is 25.8 Å². The van der Waals surface area contributed by atoms with E-state index in [9.17, 15) is 9.59 Å². The molecule has 0 unspecified atom stereocenters. The SMILES string of the molecule is COc1ccccc1CCC(=O)Nc1ccc2c(c1)CN(C(=O)Cc1ccn(C)c1)CC2. The molecule has 2 amide bonds. The Morgan fingerprint density at radius 2 is 1.94 bits per heavy atom. The lowest BCUT2D eigenvalue weighted by molar-refractivity contribution is -0.131. The summed E-state index contributed by atoms with van der Waals surface area (Å²) in [5.74, 6) is 0.895. The van der Waals surface area contributed by atoms with E-state index in [2.05, 4.69) is 11.4 Å². The van der Waals surface area contributed by atoms with Crippen LogP contribution in [0.15, 0.2) is 60.9 Å². The molecule has 2 heterocycles. The van der Waals surface area contributed by atoms with Crippen molar-refractivity contribution in [1.82, 2.24) is 9.47 Å². The first kappa shape index (κ1) is 21.7. The van der Waals surface area contributed by atoms with Crippen LogP contribution >= 0.6 is 0 Å². The number of nitrogens with zero attached hydrogens (tertiary/aromatic N) is 2. The van der Waals surface area contributed by atoms with E-state index >= 15 is 0 Å². The second-order valence-corrected chi connectivity index (χ2v) is 8.27. The Morgan fingerprint density at radius 3 is 2.72 bits per heavy atom. The molecule has 6 nitrogen and oxygen atoms in total. The summed E-state index contributed by atoms with van der Waals surface area (Å²) in [5.41, 5.74) is 5.15. The number of hydrogen-bond acceptors (Lipinski definition) is 3. The van der Waals surface area contributed by atoms with E-state index in [1.165, 1.54) is 5.56 Å². The average Bonchev–Trinajstić information content (AvgIpc) is 3.21. The van der Waals surface area contributed by atoms with Crippen molar-refractivity contribution in [1.29, 1.82) is 0 Å². The summed E-state index contributed by atoms with van der Waals surface area (Å²) >= 11 is 0. The monoisotopic (exact) mass is 431 g/mol. The number of carbonyl (C=O) groups excluding carboxylic acids is 2. The van der Waals surface area contributed by atoms with Crippen LogP contribution in [0.2, 0.25) is 0 Å². The van der Waals surface area contributed by atoms with Crippen LogP contribution in [0.25, 0.3) is 0 Å². The number of rotatable bonds is 7. The van der Waals surface area contributed by atoms with Gasteiger partial charge in [-0.25, -0.2) is 0 Å². The van der Waals surface area contributed by atoms with E-state index < -0.39 is 0 Å². The van der Waals surface area contributed by atoms with E-state index in [4.69, 9.17) is 4.74 Å². The molecule has 0 aliphatic carbocycles. The molecule has 1 N–H and O–H groups in total. The van der Waals surface area contributed by atoms with Crippen LogP contribution in [-0.4, -0.2) is 34.9 Å². The molecule has 4 rings (SSSR count). The molecule has 0 saturated heterocycles. The van der Waals surface area contributed by atoms with Gasteiger partial charge in [-0.05, 0) is 59.4 Å². The minimum atomic E-state index is -0.0383. The minimum Gasteiger partial charge on any atom is -0.496 e. The highest BCUT2D eigenvalue weighted by Gasteiger charge is 2.21. The summed E-state index contributed by atoms with van der Waals surface area (Å²) in [6, 6.07) is 15.7. The molecule has 32 heavy (non-hydrogen) atoms. The van der Waals surface area contributed by atoms with Crippen molar-refractivity contribution >= 4 is 17.5 Å². The maximum absolute atomic E-state index is 12.8. The molecule has 2 aromatic carbocycles. The number of anilines is 1. The number of methoxy groups -OCH3 is 1. The molecule has 1 aromatic heterocycles. The summed E-state index contributed by atoms with van der Waals surface area (Å²) in [5, 5.41) is 3.00. The van der Waals surface area contributed by atoms with Gasteiger partial charge in [0.2, 0.25) is 11.8 Å². The normalized spacial score (nSPS) is 12.9. The maximum Gasteiger partial charge on any atom is 0.227 e. The molecule has 0 saturated carbocycles. The van der Waals surface area contributed by atoms with Gasteiger partial charge in [-0.15, -0.1) is 0 Å². The topological polar surface area (TPSA) is 63.6 Å². The lowest BCUT2D eigenvalue weighted by Gasteiger charge is -2.29. The fraction of sp³-hybridized carbons (Fsp3) is 0.308. The van der Waals surface area contributed by atoms with Gasteiger partial charge >= 0.3 is 0 Å². The zero-order valence-corrected chi connectivity index (χ0v) is 18.6. The molecule has 3 aromatic rings. The van der Waals surface area contributed by atoms with Crippen LogP contribution in [0.3, 0.4) is 0 Å². The Hall–Kier alpha value is -3.54. The van der Waals surface area contributed by atoms with Crippen LogP contribution < -0.4 is 10.1 Å². The summed E-state index contributed by atoms with van der Waals surface area (Å²) in [4.78, 5) is 27.2. The average molecular weight is 432 g/mol. The third-order valence-electron chi connectivity index (χ3n) is 5.92. The van der Waals surface area contributed by atoms with Crippen LogP contribution in [0.5, 0.6) is 5.75 Å². The number of benzene rings is 2. The van der Waals surface area contributed by atoms with Gasteiger partial charge in [0, 0.05) is 44.6 Å². The van der Waals surface area contributed by atoms with Gasteiger partial charge in [0.05, 0.1) is 13.5 Å². The lowest BCUT2D eigenvalue weighted by Crippen LogP contribution is -2.36. The predicted octanol–water partition coefficient (Wildman–Crippen LogP) is 3.73. The summed E-state index contributed by atoms with van der Waals surface area (Å²) < 4.78 is 7.32. The van der Waals surface area contributed by atoms with Gasteiger partial charge in [0.1, 0.15) is 5.75 Å². The van der Waals surface area contributed by atoms with Crippen molar-refractivity contribution in [2.45, 2.75) is 32.2 Å².